The molecule has 0 unspecified atom stereocenters. The molecule has 0 aliphatic carbocycles. The number of H-pyrrole nitrogens is 1. The fourth-order valence-corrected chi connectivity index (χ4v) is 1.79. The van der Waals surface area contributed by atoms with Gasteiger partial charge in [-0.25, -0.2) is 4.98 Å². The Bertz CT molecular complexity index is 586. The third-order valence-electron chi connectivity index (χ3n) is 2.60. The maximum atomic E-state index is 11.6. The number of hydrogen-bond acceptors (Lipinski definition) is 5. The Labute approximate surface area is 97.3 Å². The zero-order valence-corrected chi connectivity index (χ0v) is 9.60. The number of aryl methyl sites for hydroxylation is 2. The molecule has 2 heterocycles. The highest BCUT2D eigenvalue weighted by molar-refractivity contribution is 5.71. The largest absolute Gasteiger partial charge is 0.396 e. The first-order chi connectivity index (χ1) is 8.13. The Balaban J connectivity index is 2.47. The lowest BCUT2D eigenvalue weighted by Gasteiger charge is -2.05. The van der Waals surface area contributed by atoms with Crippen molar-refractivity contribution in [1.82, 2.24) is 19.5 Å². The van der Waals surface area contributed by atoms with E-state index >= 15 is 0 Å². The van der Waals surface area contributed by atoms with Gasteiger partial charge in [0.05, 0.1) is 0 Å². The summed E-state index contributed by atoms with van der Waals surface area (Å²) in [5.74, 6) is 0.812. The number of aromatic nitrogens is 4. The van der Waals surface area contributed by atoms with Crippen molar-refractivity contribution in [1.29, 1.82) is 0 Å². The SMILES string of the molecule is Cc1nc2c(=O)[nH]c(N)nc2n1CCCCO. The van der Waals surface area contributed by atoms with E-state index in [4.69, 9.17) is 10.8 Å². The van der Waals surface area contributed by atoms with Crippen molar-refractivity contribution in [2.24, 2.45) is 0 Å². The van der Waals surface area contributed by atoms with Gasteiger partial charge >= 0.3 is 0 Å². The number of rotatable bonds is 4. The number of aromatic amines is 1. The van der Waals surface area contributed by atoms with Gasteiger partial charge in [-0.1, -0.05) is 0 Å². The van der Waals surface area contributed by atoms with Crippen molar-refractivity contribution in [3.63, 3.8) is 0 Å². The van der Waals surface area contributed by atoms with Gasteiger partial charge in [0.1, 0.15) is 5.82 Å². The summed E-state index contributed by atoms with van der Waals surface area (Å²) in [6.07, 6.45) is 1.51. The van der Waals surface area contributed by atoms with E-state index in [1.807, 2.05) is 11.5 Å². The number of anilines is 1. The van der Waals surface area contributed by atoms with Crippen molar-refractivity contribution in [3.05, 3.63) is 16.2 Å². The van der Waals surface area contributed by atoms with Crippen LogP contribution in [0.25, 0.3) is 11.2 Å². The molecule has 2 aromatic rings. The number of aliphatic hydroxyl groups excluding tert-OH is 1. The average Bonchev–Trinajstić information content (AvgIpc) is 2.57. The van der Waals surface area contributed by atoms with E-state index in [1.165, 1.54) is 0 Å². The predicted octanol–water partition coefficient (Wildman–Crippen LogP) is -0.217. The van der Waals surface area contributed by atoms with Gasteiger partial charge < -0.3 is 15.4 Å². The van der Waals surface area contributed by atoms with Crippen molar-refractivity contribution in [2.45, 2.75) is 26.3 Å². The summed E-state index contributed by atoms with van der Waals surface area (Å²) in [5, 5.41) is 8.75. The number of hydrogen-bond donors (Lipinski definition) is 3. The Kier molecular flexibility index (Phi) is 3.10. The lowest BCUT2D eigenvalue weighted by Crippen LogP contribution is -2.12. The molecule has 0 spiro atoms. The molecule has 0 saturated carbocycles. The van der Waals surface area contributed by atoms with Crippen molar-refractivity contribution >= 4 is 17.1 Å². The molecular formula is C10H15N5O2. The number of nitrogens with zero attached hydrogens (tertiary/aromatic N) is 3. The second-order valence-electron chi connectivity index (χ2n) is 3.86. The Hall–Kier alpha value is -1.89. The van der Waals surface area contributed by atoms with Crippen LogP contribution in [0.1, 0.15) is 18.7 Å². The van der Waals surface area contributed by atoms with E-state index in [0.717, 1.165) is 12.2 Å². The lowest BCUT2D eigenvalue weighted by atomic mass is 10.3. The number of imidazole rings is 1. The second kappa shape index (κ2) is 4.54. The molecular weight excluding hydrogens is 222 g/mol. The summed E-state index contributed by atoms with van der Waals surface area (Å²) in [6.45, 7) is 2.64. The number of unbranched alkanes of at least 4 members (excludes halogenated alkanes) is 1. The molecule has 0 saturated heterocycles. The zero-order chi connectivity index (χ0) is 12.4. The van der Waals surface area contributed by atoms with Gasteiger partial charge in [-0.15, -0.1) is 0 Å². The standard InChI is InChI=1S/C10H15N5O2/c1-6-12-7-8(13-10(11)14-9(7)17)15(6)4-2-3-5-16/h16H,2-5H2,1H3,(H3,11,13,14,17). The molecule has 7 heteroatoms. The maximum absolute atomic E-state index is 11.6. The molecule has 17 heavy (non-hydrogen) atoms. The van der Waals surface area contributed by atoms with Crippen LogP contribution in [-0.2, 0) is 6.54 Å². The molecule has 0 amide bonds. The molecule has 92 valence electrons. The molecule has 0 fully saturated rings. The molecule has 0 bridgehead atoms. The summed E-state index contributed by atoms with van der Waals surface area (Å²) in [6, 6.07) is 0. The van der Waals surface area contributed by atoms with Gasteiger partial charge in [-0.2, -0.15) is 4.98 Å². The second-order valence-corrected chi connectivity index (χ2v) is 3.86. The molecule has 2 aromatic heterocycles. The third-order valence-corrected chi connectivity index (χ3v) is 2.60. The molecule has 0 atom stereocenters. The third kappa shape index (κ3) is 2.14. The van der Waals surface area contributed by atoms with Crippen LogP contribution in [0.2, 0.25) is 0 Å². The van der Waals surface area contributed by atoms with E-state index in [0.29, 0.717) is 24.1 Å². The molecule has 2 rings (SSSR count). The first-order valence-electron chi connectivity index (χ1n) is 5.47. The summed E-state index contributed by atoms with van der Waals surface area (Å²) < 4.78 is 1.84. The van der Waals surface area contributed by atoms with Crippen molar-refractivity contribution in [3.8, 4) is 0 Å². The maximum Gasteiger partial charge on any atom is 0.280 e. The fraction of sp³-hybridized carbons (Fsp3) is 0.500. The quantitative estimate of drug-likeness (QED) is 0.637. The number of fused-ring (bicyclic) bond motifs is 1. The molecule has 4 N–H and O–H groups in total. The van der Waals surface area contributed by atoms with Crippen LogP contribution < -0.4 is 11.3 Å². The van der Waals surface area contributed by atoms with Gasteiger partial charge in [0.15, 0.2) is 11.2 Å². The highest BCUT2D eigenvalue weighted by Gasteiger charge is 2.12. The summed E-state index contributed by atoms with van der Waals surface area (Å²) in [5.41, 5.74) is 6.00. The highest BCUT2D eigenvalue weighted by Crippen LogP contribution is 2.11. The van der Waals surface area contributed by atoms with E-state index in [-0.39, 0.29) is 18.1 Å². The molecule has 0 radical (unpaired) electrons. The fourth-order valence-electron chi connectivity index (χ4n) is 1.79. The van der Waals surface area contributed by atoms with Crippen LogP contribution in [0.5, 0.6) is 0 Å². The van der Waals surface area contributed by atoms with Crippen LogP contribution in [0, 0.1) is 6.92 Å². The number of aliphatic hydroxyl groups is 1. The number of nitrogen functional groups attached to an aromatic ring is 1. The monoisotopic (exact) mass is 237 g/mol. The summed E-state index contributed by atoms with van der Waals surface area (Å²) in [7, 11) is 0. The Morgan fingerprint density at radius 2 is 2.18 bits per heavy atom. The van der Waals surface area contributed by atoms with Crippen LogP contribution in [-0.4, -0.2) is 31.2 Å². The summed E-state index contributed by atoms with van der Waals surface area (Å²) >= 11 is 0. The van der Waals surface area contributed by atoms with Crippen LogP contribution in [0.4, 0.5) is 5.95 Å². The molecule has 0 aliphatic heterocycles. The Morgan fingerprint density at radius 1 is 1.41 bits per heavy atom. The van der Waals surface area contributed by atoms with Gasteiger partial charge in [0, 0.05) is 13.2 Å². The Morgan fingerprint density at radius 3 is 2.88 bits per heavy atom. The number of nitrogens with one attached hydrogen (secondary N) is 1. The van der Waals surface area contributed by atoms with Crippen molar-refractivity contribution < 1.29 is 5.11 Å². The lowest BCUT2D eigenvalue weighted by molar-refractivity contribution is 0.281. The summed E-state index contributed by atoms with van der Waals surface area (Å²) in [4.78, 5) is 22.3. The average molecular weight is 237 g/mol. The normalized spacial score (nSPS) is 11.2. The minimum absolute atomic E-state index is 0.0887. The minimum Gasteiger partial charge on any atom is -0.396 e. The van der Waals surface area contributed by atoms with Gasteiger partial charge in [0.25, 0.3) is 5.56 Å². The van der Waals surface area contributed by atoms with Crippen LogP contribution in [0.15, 0.2) is 4.79 Å². The smallest absolute Gasteiger partial charge is 0.280 e. The molecule has 7 nitrogen and oxygen atoms in total. The highest BCUT2D eigenvalue weighted by atomic mass is 16.2. The van der Waals surface area contributed by atoms with E-state index in [1.54, 1.807) is 0 Å². The zero-order valence-electron chi connectivity index (χ0n) is 9.60. The topological polar surface area (TPSA) is 110 Å². The van der Waals surface area contributed by atoms with Gasteiger partial charge in [-0.3, -0.25) is 9.78 Å². The van der Waals surface area contributed by atoms with Gasteiger partial charge in [-0.05, 0) is 19.8 Å². The van der Waals surface area contributed by atoms with E-state index in [9.17, 15) is 4.79 Å². The number of nitrogens with two attached hydrogens (primary N) is 1. The van der Waals surface area contributed by atoms with E-state index in [2.05, 4.69) is 15.0 Å². The van der Waals surface area contributed by atoms with Crippen molar-refractivity contribution in [2.75, 3.05) is 12.3 Å². The van der Waals surface area contributed by atoms with Crippen LogP contribution >= 0.6 is 0 Å². The predicted molar refractivity (Wildman–Crippen MR) is 63.6 cm³/mol. The minimum atomic E-state index is -0.323. The van der Waals surface area contributed by atoms with Gasteiger partial charge in [0.2, 0.25) is 5.95 Å². The first-order valence-corrected chi connectivity index (χ1v) is 5.47. The van der Waals surface area contributed by atoms with Crippen LogP contribution in [0.3, 0.4) is 0 Å². The molecule has 0 aromatic carbocycles. The molecule has 0 aliphatic rings. The van der Waals surface area contributed by atoms with E-state index < -0.39 is 0 Å². The first kappa shape index (κ1) is 11.6.